The van der Waals surface area contributed by atoms with Crippen LogP contribution in [-0.2, 0) is 56.8 Å². The number of aliphatic hydroxyl groups is 18. The summed E-state index contributed by atoms with van der Waals surface area (Å²) in [5.41, 5.74) is 0. The lowest BCUT2D eigenvalue weighted by Crippen LogP contribution is -2.69. The van der Waals surface area contributed by atoms with Crippen LogP contribution in [-0.4, -0.2) is 316 Å². The second-order valence-corrected chi connectivity index (χ2v) is 16.8. The van der Waals surface area contributed by atoms with E-state index in [4.69, 9.17) is 56.8 Å². The molecule has 12 bridgehead atoms. The average Bonchev–Trinajstić information content (AvgIpc) is 3.31. The normalized spacial score (nSPS) is 55.4. The second-order valence-electron chi connectivity index (χ2n) is 16.8. The Labute approximate surface area is 372 Å². The molecule has 22 aliphatic rings. The van der Waals surface area contributed by atoms with Crippen LogP contribution in [0.15, 0.2) is 0 Å². The van der Waals surface area contributed by atoms with Gasteiger partial charge >= 0.3 is 0 Å². The standard InChI is InChI=1S/C36H60O30/c37-1-7-25-13(43)19(49)31(55-7)62-26-8(2-38)57-33(21(51)15(26)45)64-28-10(4-40)59-35(23(53)17(28)47)66-30-12(6-42)60-36(24(54)18(30)48)65-29-11(5-41)58-34(22(52)16(29)46)63-27-9(3-39)56-32(61-25)20(50)14(27)44/h7-54H,1-6H2/t7?,8?,9?,10?,11?,12?,13-,14-,15-,16-,17-,18-,19?,20?,21?,22?,23?,24?,25-,26-,27-,28-,29-,30-,31-,32-,33-,34-,35-,36-/m1/s1. The SMILES string of the molecule is OCC1O[C@@H]2O[C@@H]3C(CO)O[C@H](O[C@@H]4C(CO)O[C@H](O[C@@H]5C(CO)O[C@H](O[C@@H]6C(CO)O[C@H](O[C@@H]7C(CO)O[C@H](O[C@H]1[C@H](O)C2O)C(O)[C@H]7O)C(O)[C@H]6O)C(O)[C@H]5O)C(O)[C@H]4O)C(O)[C@H]3O. The maximum absolute atomic E-state index is 11.2. The second kappa shape index (κ2) is 22.1. The summed E-state index contributed by atoms with van der Waals surface area (Å²) in [6.45, 7) is -5.99. The molecule has 0 aromatic carbocycles. The fourth-order valence-corrected chi connectivity index (χ4v) is 8.93. The van der Waals surface area contributed by atoms with Gasteiger partial charge in [0.05, 0.1) is 39.6 Å². The van der Waals surface area contributed by atoms with Gasteiger partial charge in [-0.15, -0.1) is 0 Å². The first-order valence-corrected chi connectivity index (χ1v) is 21.1. The third kappa shape index (κ3) is 10.0. The van der Waals surface area contributed by atoms with E-state index in [1.807, 2.05) is 0 Å². The van der Waals surface area contributed by atoms with Gasteiger partial charge in [0.15, 0.2) is 37.7 Å². The van der Waals surface area contributed by atoms with E-state index in [0.717, 1.165) is 0 Å². The molecule has 0 amide bonds. The van der Waals surface area contributed by atoms with Crippen molar-refractivity contribution in [1.82, 2.24) is 0 Å². The molecule has 0 aromatic rings. The molecule has 0 aromatic heterocycles. The number of aliphatic hydroxyl groups excluding tert-OH is 18. The smallest absolute Gasteiger partial charge is 0.187 e. The predicted octanol–water partition coefficient (Wildman–Crippen LogP) is -13.1. The van der Waals surface area contributed by atoms with Crippen LogP contribution in [0.4, 0.5) is 0 Å². The lowest BCUT2D eigenvalue weighted by atomic mass is 9.94. The fourth-order valence-electron chi connectivity index (χ4n) is 8.93. The Morgan fingerprint density at radius 2 is 0.303 bits per heavy atom. The average molecular weight is 973 g/mol. The summed E-state index contributed by atoms with van der Waals surface area (Å²) < 4.78 is 67.9. The minimum absolute atomic E-state index is 0.999. The Morgan fingerprint density at radius 3 is 0.409 bits per heavy atom. The Kier molecular flexibility index (Phi) is 17.6. The van der Waals surface area contributed by atoms with Crippen LogP contribution >= 0.6 is 0 Å². The van der Waals surface area contributed by atoms with Crippen LogP contribution in [0.5, 0.6) is 0 Å². The van der Waals surface area contributed by atoms with Crippen molar-refractivity contribution in [2.75, 3.05) is 39.6 Å². The Morgan fingerprint density at radius 1 is 0.182 bits per heavy atom. The van der Waals surface area contributed by atoms with Gasteiger partial charge in [0.2, 0.25) is 0 Å². The van der Waals surface area contributed by atoms with Crippen LogP contribution < -0.4 is 0 Å². The third-order valence-electron chi connectivity index (χ3n) is 12.7. The van der Waals surface area contributed by atoms with Crippen molar-refractivity contribution in [1.29, 1.82) is 0 Å². The molecular weight excluding hydrogens is 912 g/mol. The van der Waals surface area contributed by atoms with Gasteiger partial charge in [-0.05, 0) is 0 Å². The summed E-state index contributed by atoms with van der Waals surface area (Å²) in [5, 5.41) is 196. The van der Waals surface area contributed by atoms with Crippen LogP contribution in [0.2, 0.25) is 0 Å². The molecule has 18 N–H and O–H groups in total. The van der Waals surface area contributed by atoms with E-state index in [1.165, 1.54) is 0 Å². The van der Waals surface area contributed by atoms with Gasteiger partial charge in [-0.1, -0.05) is 0 Å². The molecule has 0 radical (unpaired) electrons. The van der Waals surface area contributed by atoms with Crippen LogP contribution in [0.3, 0.4) is 0 Å². The van der Waals surface area contributed by atoms with E-state index in [9.17, 15) is 91.9 Å². The van der Waals surface area contributed by atoms with Gasteiger partial charge in [0, 0.05) is 0 Å². The van der Waals surface area contributed by atoms with Gasteiger partial charge in [0.25, 0.3) is 0 Å². The maximum atomic E-state index is 11.2. The first-order valence-electron chi connectivity index (χ1n) is 21.1. The first-order chi connectivity index (χ1) is 31.4. The van der Waals surface area contributed by atoms with Crippen LogP contribution in [0, 0.1) is 0 Å². The van der Waals surface area contributed by atoms with E-state index in [-0.39, 0.29) is 0 Å². The zero-order chi connectivity index (χ0) is 48.0. The van der Waals surface area contributed by atoms with Crippen molar-refractivity contribution in [2.45, 2.75) is 184 Å². The minimum Gasteiger partial charge on any atom is -0.394 e. The van der Waals surface area contributed by atoms with E-state index >= 15 is 0 Å². The van der Waals surface area contributed by atoms with E-state index in [2.05, 4.69) is 0 Å². The number of rotatable bonds is 6. The quantitative estimate of drug-likeness (QED) is 0.117. The lowest BCUT2D eigenvalue weighted by molar-refractivity contribution is -0.404. The Balaban J connectivity index is 1.19. The molecule has 30 heteroatoms. The molecule has 22 saturated heterocycles. The molecule has 30 atom stereocenters. The molecular formula is C36H60O30. The largest absolute Gasteiger partial charge is 0.394 e. The molecule has 0 aliphatic carbocycles. The maximum Gasteiger partial charge on any atom is 0.187 e. The molecule has 22 heterocycles. The number of hydrogen-bond donors (Lipinski definition) is 18. The summed E-state index contributed by atoms with van der Waals surface area (Å²) in [7, 11) is 0. The lowest BCUT2D eigenvalue weighted by Gasteiger charge is -2.50. The minimum atomic E-state index is -2.15. The summed E-state index contributed by atoms with van der Waals surface area (Å²) >= 11 is 0. The zero-order valence-electron chi connectivity index (χ0n) is 34.5. The van der Waals surface area contributed by atoms with Crippen molar-refractivity contribution < 1.29 is 149 Å². The monoisotopic (exact) mass is 972 g/mol. The summed E-state index contributed by atoms with van der Waals surface area (Å²) in [5.74, 6) is 0. The third-order valence-corrected chi connectivity index (χ3v) is 12.7. The molecule has 384 valence electrons. The van der Waals surface area contributed by atoms with Crippen LogP contribution in [0.25, 0.3) is 0 Å². The fraction of sp³-hybridized carbons (Fsp3) is 1.00. The first kappa shape index (κ1) is 52.6. The van der Waals surface area contributed by atoms with Crippen molar-refractivity contribution in [3.63, 3.8) is 0 Å². The van der Waals surface area contributed by atoms with Gasteiger partial charge < -0.3 is 149 Å². The summed E-state index contributed by atoms with van der Waals surface area (Å²) in [6.07, 6.45) is -58.5. The van der Waals surface area contributed by atoms with Crippen molar-refractivity contribution >= 4 is 0 Å². The molecule has 66 heavy (non-hydrogen) atoms. The van der Waals surface area contributed by atoms with E-state index in [0.29, 0.717) is 0 Å². The predicted molar refractivity (Wildman–Crippen MR) is 196 cm³/mol. The highest BCUT2D eigenvalue weighted by Gasteiger charge is 2.58. The highest BCUT2D eigenvalue weighted by molar-refractivity contribution is 5.01. The van der Waals surface area contributed by atoms with Crippen molar-refractivity contribution in [2.24, 2.45) is 0 Å². The van der Waals surface area contributed by atoms with Gasteiger partial charge in [-0.3, -0.25) is 0 Å². The molecule has 0 spiro atoms. The topological polar surface area (TPSA) is 475 Å². The Hall–Kier alpha value is -1.20. The van der Waals surface area contributed by atoms with Gasteiger partial charge in [0.1, 0.15) is 146 Å². The molecule has 22 aliphatic heterocycles. The van der Waals surface area contributed by atoms with E-state index < -0.39 is 224 Å². The van der Waals surface area contributed by atoms with Gasteiger partial charge in [-0.2, -0.15) is 0 Å². The Bertz CT molecular complexity index is 1230. The van der Waals surface area contributed by atoms with Gasteiger partial charge in [-0.25, -0.2) is 0 Å². The molecule has 22 fully saturated rings. The number of hydrogen-bond acceptors (Lipinski definition) is 30. The van der Waals surface area contributed by atoms with Crippen molar-refractivity contribution in [3.05, 3.63) is 0 Å². The van der Waals surface area contributed by atoms with E-state index in [1.54, 1.807) is 0 Å². The molecule has 12 unspecified atom stereocenters. The summed E-state index contributed by atoms with van der Waals surface area (Å²) in [4.78, 5) is 0. The zero-order valence-corrected chi connectivity index (χ0v) is 34.5. The highest BCUT2D eigenvalue weighted by atomic mass is 16.8. The molecule has 0 saturated carbocycles. The van der Waals surface area contributed by atoms with Crippen LogP contribution in [0.1, 0.15) is 0 Å². The molecule has 22 rings (SSSR count). The summed E-state index contributed by atoms with van der Waals surface area (Å²) in [6, 6.07) is 0. The molecule has 30 nitrogen and oxygen atoms in total. The number of ether oxygens (including phenoxy) is 12. The van der Waals surface area contributed by atoms with Crippen molar-refractivity contribution in [3.8, 4) is 0 Å². The highest BCUT2D eigenvalue weighted by Crippen LogP contribution is 2.38.